The average molecular weight is 263 g/mol. The highest BCUT2D eigenvalue weighted by Gasteiger charge is 2.24. The predicted molar refractivity (Wildman–Crippen MR) is 79.0 cm³/mol. The van der Waals surface area contributed by atoms with Crippen molar-refractivity contribution in [2.75, 3.05) is 23.4 Å². The molecule has 106 valence electrons. The average Bonchev–Trinajstić information content (AvgIpc) is 2.42. The first kappa shape index (κ1) is 14.1. The molecular formula is C14H25N5. The second kappa shape index (κ2) is 6.19. The van der Waals surface area contributed by atoms with Gasteiger partial charge < -0.3 is 10.3 Å². The summed E-state index contributed by atoms with van der Waals surface area (Å²) in [7, 11) is 0. The van der Waals surface area contributed by atoms with Gasteiger partial charge in [-0.15, -0.1) is 0 Å². The van der Waals surface area contributed by atoms with Gasteiger partial charge in [-0.3, -0.25) is 0 Å². The zero-order valence-corrected chi connectivity index (χ0v) is 12.2. The van der Waals surface area contributed by atoms with Gasteiger partial charge in [-0.25, -0.2) is 15.8 Å². The van der Waals surface area contributed by atoms with Crippen molar-refractivity contribution in [1.29, 1.82) is 0 Å². The summed E-state index contributed by atoms with van der Waals surface area (Å²) < 4.78 is 0. The maximum atomic E-state index is 5.50. The summed E-state index contributed by atoms with van der Waals surface area (Å²) in [5.41, 5.74) is 2.65. The lowest BCUT2D eigenvalue weighted by Gasteiger charge is -2.36. The minimum Gasteiger partial charge on any atom is -0.356 e. The minimum atomic E-state index is 0.702. The van der Waals surface area contributed by atoms with Crippen molar-refractivity contribution in [2.24, 2.45) is 17.7 Å². The number of piperidine rings is 1. The molecule has 1 aliphatic heterocycles. The van der Waals surface area contributed by atoms with Crippen molar-refractivity contribution in [3.63, 3.8) is 0 Å². The number of nitrogens with two attached hydrogens (primary N) is 1. The van der Waals surface area contributed by atoms with Crippen molar-refractivity contribution in [1.82, 2.24) is 9.97 Å². The van der Waals surface area contributed by atoms with E-state index in [0.29, 0.717) is 11.7 Å². The Bertz CT molecular complexity index is 420. The summed E-state index contributed by atoms with van der Waals surface area (Å²) in [4.78, 5) is 11.4. The Labute approximate surface area is 115 Å². The molecular weight excluding hydrogens is 238 g/mol. The highest BCUT2D eigenvalue weighted by Crippen LogP contribution is 2.26. The number of nitrogens with one attached hydrogen (secondary N) is 1. The normalized spacial score (nSPS) is 23.5. The Morgan fingerprint density at radius 1 is 1.37 bits per heavy atom. The van der Waals surface area contributed by atoms with Gasteiger partial charge in [0.25, 0.3) is 0 Å². The molecule has 2 rings (SSSR count). The fraction of sp³-hybridized carbons (Fsp3) is 0.714. The van der Waals surface area contributed by atoms with E-state index >= 15 is 0 Å². The molecule has 0 aliphatic carbocycles. The van der Waals surface area contributed by atoms with Gasteiger partial charge in [0.15, 0.2) is 0 Å². The molecule has 2 atom stereocenters. The summed E-state index contributed by atoms with van der Waals surface area (Å²) in [6.45, 7) is 8.91. The summed E-state index contributed by atoms with van der Waals surface area (Å²) in [6, 6.07) is 1.95. The summed E-state index contributed by atoms with van der Waals surface area (Å²) >= 11 is 0. The molecule has 19 heavy (non-hydrogen) atoms. The van der Waals surface area contributed by atoms with Gasteiger partial charge in [0.05, 0.1) is 0 Å². The molecule has 0 bridgehead atoms. The number of aromatic nitrogens is 2. The molecule has 0 amide bonds. The Kier molecular flexibility index (Phi) is 4.58. The van der Waals surface area contributed by atoms with E-state index in [4.69, 9.17) is 5.84 Å². The number of anilines is 2. The fourth-order valence-electron chi connectivity index (χ4n) is 2.53. The lowest BCUT2D eigenvalue weighted by atomic mass is 9.89. The first-order valence-corrected chi connectivity index (χ1v) is 7.23. The van der Waals surface area contributed by atoms with Crippen LogP contribution in [0.15, 0.2) is 6.07 Å². The first-order valence-electron chi connectivity index (χ1n) is 7.23. The second-order valence-electron chi connectivity index (χ2n) is 5.61. The van der Waals surface area contributed by atoms with E-state index in [9.17, 15) is 0 Å². The number of rotatable bonds is 4. The van der Waals surface area contributed by atoms with Crippen LogP contribution in [-0.2, 0) is 6.42 Å². The molecule has 0 spiro atoms. The SMILES string of the molecule is CCCc1nc(NN)cc(N2CCC(C)C(C)C2)n1. The Morgan fingerprint density at radius 3 is 2.79 bits per heavy atom. The van der Waals surface area contributed by atoms with Gasteiger partial charge in [-0.2, -0.15) is 0 Å². The topological polar surface area (TPSA) is 67.1 Å². The van der Waals surface area contributed by atoms with Gasteiger partial charge in [0.1, 0.15) is 17.5 Å². The van der Waals surface area contributed by atoms with E-state index in [1.54, 1.807) is 0 Å². The van der Waals surface area contributed by atoms with E-state index in [1.807, 2.05) is 6.07 Å². The molecule has 2 heterocycles. The smallest absolute Gasteiger partial charge is 0.145 e. The monoisotopic (exact) mass is 263 g/mol. The molecule has 0 radical (unpaired) electrons. The van der Waals surface area contributed by atoms with Crippen molar-refractivity contribution >= 4 is 11.6 Å². The van der Waals surface area contributed by atoms with Crippen LogP contribution < -0.4 is 16.2 Å². The molecule has 0 saturated carbocycles. The van der Waals surface area contributed by atoms with Crippen molar-refractivity contribution in [3.8, 4) is 0 Å². The minimum absolute atomic E-state index is 0.702. The maximum absolute atomic E-state index is 5.50. The van der Waals surface area contributed by atoms with Gasteiger partial charge in [0.2, 0.25) is 0 Å². The van der Waals surface area contributed by atoms with E-state index in [2.05, 4.69) is 41.1 Å². The van der Waals surface area contributed by atoms with Crippen LogP contribution in [0.25, 0.3) is 0 Å². The van der Waals surface area contributed by atoms with Crippen molar-refractivity contribution in [3.05, 3.63) is 11.9 Å². The van der Waals surface area contributed by atoms with Gasteiger partial charge in [-0.1, -0.05) is 20.8 Å². The molecule has 1 fully saturated rings. The summed E-state index contributed by atoms with van der Waals surface area (Å²) in [5.74, 6) is 9.58. The van der Waals surface area contributed by atoms with Gasteiger partial charge >= 0.3 is 0 Å². The Balaban J connectivity index is 2.20. The summed E-state index contributed by atoms with van der Waals surface area (Å²) in [5, 5.41) is 0. The Morgan fingerprint density at radius 2 is 2.16 bits per heavy atom. The highest BCUT2D eigenvalue weighted by molar-refractivity contribution is 5.49. The molecule has 5 heteroatoms. The largest absolute Gasteiger partial charge is 0.356 e. The zero-order valence-electron chi connectivity index (χ0n) is 12.2. The molecule has 1 saturated heterocycles. The molecule has 1 aromatic rings. The lowest BCUT2D eigenvalue weighted by Crippen LogP contribution is -2.39. The van der Waals surface area contributed by atoms with E-state index in [-0.39, 0.29) is 0 Å². The number of hydrazine groups is 1. The standard InChI is InChI=1S/C14H25N5/c1-4-5-12-16-13(18-15)8-14(17-12)19-7-6-10(2)11(3)9-19/h8,10-11H,4-7,9,15H2,1-3H3,(H,16,17,18). The van der Waals surface area contributed by atoms with Crippen molar-refractivity contribution < 1.29 is 0 Å². The van der Waals surface area contributed by atoms with Crippen LogP contribution >= 0.6 is 0 Å². The third-order valence-electron chi connectivity index (χ3n) is 4.04. The third kappa shape index (κ3) is 3.35. The number of hydrogen-bond acceptors (Lipinski definition) is 5. The molecule has 0 aromatic carbocycles. The molecule has 1 aliphatic rings. The first-order chi connectivity index (χ1) is 9.13. The zero-order chi connectivity index (χ0) is 13.8. The van der Waals surface area contributed by atoms with Crippen LogP contribution in [0.1, 0.15) is 39.4 Å². The summed E-state index contributed by atoms with van der Waals surface area (Å²) in [6.07, 6.45) is 3.16. The van der Waals surface area contributed by atoms with Crippen LogP contribution in [-0.4, -0.2) is 23.1 Å². The molecule has 3 N–H and O–H groups in total. The third-order valence-corrected chi connectivity index (χ3v) is 4.04. The highest BCUT2D eigenvalue weighted by atomic mass is 15.3. The van der Waals surface area contributed by atoms with Crippen molar-refractivity contribution in [2.45, 2.75) is 40.0 Å². The van der Waals surface area contributed by atoms with E-state index in [1.165, 1.54) is 6.42 Å². The predicted octanol–water partition coefficient (Wildman–Crippen LogP) is 2.20. The van der Waals surface area contributed by atoms with E-state index in [0.717, 1.165) is 43.5 Å². The van der Waals surface area contributed by atoms with Crippen LogP contribution in [0.2, 0.25) is 0 Å². The number of hydrogen-bond donors (Lipinski definition) is 2. The maximum Gasteiger partial charge on any atom is 0.145 e. The quantitative estimate of drug-likeness (QED) is 0.644. The molecule has 1 aromatic heterocycles. The lowest BCUT2D eigenvalue weighted by molar-refractivity contribution is 0.322. The van der Waals surface area contributed by atoms with Crippen LogP contribution in [0, 0.1) is 11.8 Å². The second-order valence-corrected chi connectivity index (χ2v) is 5.61. The fourth-order valence-corrected chi connectivity index (χ4v) is 2.53. The van der Waals surface area contributed by atoms with Crippen LogP contribution in [0.5, 0.6) is 0 Å². The van der Waals surface area contributed by atoms with E-state index < -0.39 is 0 Å². The van der Waals surface area contributed by atoms with Crippen LogP contribution in [0.3, 0.4) is 0 Å². The Hall–Kier alpha value is -1.36. The number of aryl methyl sites for hydroxylation is 1. The number of nitrogen functional groups attached to an aromatic ring is 1. The van der Waals surface area contributed by atoms with Gasteiger partial charge in [0, 0.05) is 25.6 Å². The molecule has 2 unspecified atom stereocenters. The molecule has 5 nitrogen and oxygen atoms in total. The number of nitrogens with zero attached hydrogens (tertiary/aromatic N) is 3. The van der Waals surface area contributed by atoms with Gasteiger partial charge in [-0.05, 0) is 24.7 Å². The van der Waals surface area contributed by atoms with Crippen LogP contribution in [0.4, 0.5) is 11.6 Å².